The van der Waals surface area contributed by atoms with Crippen molar-refractivity contribution in [2.75, 3.05) is 6.54 Å². The van der Waals surface area contributed by atoms with Crippen molar-refractivity contribution < 1.29 is 4.79 Å². The SMILES string of the molecule is C=CCNC(=O)NCc1ccc(Br)cc1. The van der Waals surface area contributed by atoms with Crippen molar-refractivity contribution in [1.82, 2.24) is 10.6 Å². The van der Waals surface area contributed by atoms with Gasteiger partial charge in [0.15, 0.2) is 0 Å². The fourth-order valence-electron chi connectivity index (χ4n) is 1.01. The maximum atomic E-state index is 11.2. The van der Waals surface area contributed by atoms with Crippen molar-refractivity contribution in [2.45, 2.75) is 6.54 Å². The van der Waals surface area contributed by atoms with Gasteiger partial charge in [-0.1, -0.05) is 34.1 Å². The molecule has 0 unspecified atom stereocenters. The van der Waals surface area contributed by atoms with E-state index < -0.39 is 0 Å². The highest BCUT2D eigenvalue weighted by atomic mass is 79.9. The molecule has 0 heterocycles. The Hall–Kier alpha value is -1.29. The molecule has 0 saturated heterocycles. The van der Waals surface area contributed by atoms with E-state index in [9.17, 15) is 4.79 Å². The third kappa shape index (κ3) is 4.65. The molecule has 2 amide bonds. The zero-order valence-corrected chi connectivity index (χ0v) is 9.88. The van der Waals surface area contributed by atoms with Crippen LogP contribution < -0.4 is 10.6 Å². The molecule has 4 heteroatoms. The van der Waals surface area contributed by atoms with Gasteiger partial charge in [0.05, 0.1) is 0 Å². The molecule has 0 radical (unpaired) electrons. The summed E-state index contributed by atoms with van der Waals surface area (Å²) in [6, 6.07) is 7.62. The molecule has 0 aliphatic heterocycles. The quantitative estimate of drug-likeness (QED) is 0.810. The fraction of sp³-hybridized carbons (Fsp3) is 0.182. The predicted molar refractivity (Wildman–Crippen MR) is 64.6 cm³/mol. The third-order valence-electron chi connectivity index (χ3n) is 1.77. The van der Waals surface area contributed by atoms with Crippen LogP contribution in [0.25, 0.3) is 0 Å². The summed E-state index contributed by atoms with van der Waals surface area (Å²) in [5, 5.41) is 5.38. The molecule has 1 rings (SSSR count). The van der Waals surface area contributed by atoms with Crippen molar-refractivity contribution >= 4 is 22.0 Å². The van der Waals surface area contributed by atoms with Gasteiger partial charge in [-0.15, -0.1) is 6.58 Å². The minimum atomic E-state index is -0.183. The van der Waals surface area contributed by atoms with E-state index in [2.05, 4.69) is 33.1 Å². The number of amides is 2. The van der Waals surface area contributed by atoms with E-state index in [1.54, 1.807) is 6.08 Å². The van der Waals surface area contributed by atoms with Crippen LogP contribution in [-0.4, -0.2) is 12.6 Å². The molecule has 80 valence electrons. The van der Waals surface area contributed by atoms with Gasteiger partial charge in [0.1, 0.15) is 0 Å². The molecule has 2 N–H and O–H groups in total. The summed E-state index contributed by atoms with van der Waals surface area (Å²) < 4.78 is 1.03. The number of rotatable bonds is 4. The van der Waals surface area contributed by atoms with Gasteiger partial charge in [-0.05, 0) is 17.7 Å². The van der Waals surface area contributed by atoms with Crippen molar-refractivity contribution in [1.29, 1.82) is 0 Å². The summed E-state index contributed by atoms with van der Waals surface area (Å²) in [6.07, 6.45) is 1.64. The molecule has 0 bridgehead atoms. The average molecular weight is 269 g/mol. The summed E-state index contributed by atoms with van der Waals surface area (Å²) in [5.74, 6) is 0. The molecule has 0 aliphatic rings. The maximum absolute atomic E-state index is 11.2. The lowest BCUT2D eigenvalue weighted by molar-refractivity contribution is 0.241. The number of benzene rings is 1. The first kappa shape index (κ1) is 11.8. The van der Waals surface area contributed by atoms with Crippen LogP contribution >= 0.6 is 15.9 Å². The number of hydrogen-bond acceptors (Lipinski definition) is 1. The molecule has 3 nitrogen and oxygen atoms in total. The minimum absolute atomic E-state index is 0.183. The smallest absolute Gasteiger partial charge is 0.315 e. The van der Waals surface area contributed by atoms with E-state index in [0.29, 0.717) is 13.1 Å². The zero-order valence-electron chi connectivity index (χ0n) is 8.29. The topological polar surface area (TPSA) is 41.1 Å². The van der Waals surface area contributed by atoms with E-state index in [1.165, 1.54) is 0 Å². The standard InChI is InChI=1S/C11H13BrN2O/c1-2-7-13-11(15)14-8-9-3-5-10(12)6-4-9/h2-6H,1,7-8H2,(H2,13,14,15). The lowest BCUT2D eigenvalue weighted by Crippen LogP contribution is -2.34. The Bertz CT molecular complexity index is 335. The van der Waals surface area contributed by atoms with Gasteiger partial charge < -0.3 is 10.6 Å². The first-order valence-electron chi connectivity index (χ1n) is 4.59. The van der Waals surface area contributed by atoms with Gasteiger partial charge >= 0.3 is 6.03 Å². The molecule has 1 aromatic carbocycles. The highest BCUT2D eigenvalue weighted by Gasteiger charge is 1.97. The molecule has 15 heavy (non-hydrogen) atoms. The van der Waals surface area contributed by atoms with Crippen LogP contribution in [0.4, 0.5) is 4.79 Å². The number of carbonyl (C=O) groups excluding carboxylic acids is 1. The van der Waals surface area contributed by atoms with Gasteiger partial charge in [-0.3, -0.25) is 0 Å². The summed E-state index contributed by atoms with van der Waals surface area (Å²) in [6.45, 7) is 4.52. The van der Waals surface area contributed by atoms with E-state index in [-0.39, 0.29) is 6.03 Å². The van der Waals surface area contributed by atoms with Crippen LogP contribution in [0, 0.1) is 0 Å². The monoisotopic (exact) mass is 268 g/mol. The number of hydrogen-bond donors (Lipinski definition) is 2. The summed E-state index contributed by atoms with van der Waals surface area (Å²) in [4.78, 5) is 11.2. The lowest BCUT2D eigenvalue weighted by Gasteiger charge is -2.05. The van der Waals surface area contributed by atoms with E-state index in [0.717, 1.165) is 10.0 Å². The van der Waals surface area contributed by atoms with E-state index >= 15 is 0 Å². The third-order valence-corrected chi connectivity index (χ3v) is 2.30. The number of carbonyl (C=O) groups is 1. The van der Waals surface area contributed by atoms with Crippen LogP contribution in [-0.2, 0) is 6.54 Å². The summed E-state index contributed by atoms with van der Waals surface area (Å²) in [7, 11) is 0. The lowest BCUT2D eigenvalue weighted by atomic mass is 10.2. The second kappa shape index (κ2) is 6.24. The maximum Gasteiger partial charge on any atom is 0.315 e. The molecular weight excluding hydrogens is 256 g/mol. The largest absolute Gasteiger partial charge is 0.335 e. The highest BCUT2D eigenvalue weighted by molar-refractivity contribution is 9.10. The molecule has 0 saturated carbocycles. The first-order chi connectivity index (χ1) is 7.22. The van der Waals surface area contributed by atoms with Crippen LogP contribution in [0.3, 0.4) is 0 Å². The number of halogens is 1. The highest BCUT2D eigenvalue weighted by Crippen LogP contribution is 2.09. The summed E-state index contributed by atoms with van der Waals surface area (Å²) in [5.41, 5.74) is 1.06. The zero-order chi connectivity index (χ0) is 11.1. The molecule has 0 fully saturated rings. The average Bonchev–Trinajstić information content (AvgIpc) is 2.25. The van der Waals surface area contributed by atoms with Gasteiger partial charge in [0.25, 0.3) is 0 Å². The Balaban J connectivity index is 2.33. The van der Waals surface area contributed by atoms with Crippen LogP contribution in [0.5, 0.6) is 0 Å². The van der Waals surface area contributed by atoms with Gasteiger partial charge in [0, 0.05) is 17.6 Å². The second-order valence-electron chi connectivity index (χ2n) is 2.98. The van der Waals surface area contributed by atoms with Crippen molar-refractivity contribution in [3.63, 3.8) is 0 Å². The van der Waals surface area contributed by atoms with Crippen LogP contribution in [0.1, 0.15) is 5.56 Å². The van der Waals surface area contributed by atoms with Crippen molar-refractivity contribution in [2.24, 2.45) is 0 Å². The minimum Gasteiger partial charge on any atom is -0.335 e. The van der Waals surface area contributed by atoms with E-state index in [1.807, 2.05) is 24.3 Å². The second-order valence-corrected chi connectivity index (χ2v) is 3.89. The molecule has 0 aliphatic carbocycles. The Morgan fingerprint density at radius 3 is 2.60 bits per heavy atom. The Morgan fingerprint density at radius 2 is 2.00 bits per heavy atom. The first-order valence-corrected chi connectivity index (χ1v) is 5.38. The van der Waals surface area contributed by atoms with Gasteiger partial charge in [-0.25, -0.2) is 4.79 Å². The predicted octanol–water partition coefficient (Wildman–Crippen LogP) is 2.43. The Kier molecular flexibility index (Phi) is 4.90. The van der Waals surface area contributed by atoms with Gasteiger partial charge in [0.2, 0.25) is 0 Å². The van der Waals surface area contributed by atoms with Crippen molar-refractivity contribution in [3.8, 4) is 0 Å². The number of urea groups is 1. The number of nitrogens with one attached hydrogen (secondary N) is 2. The molecule has 1 aromatic rings. The molecule has 0 aromatic heterocycles. The van der Waals surface area contributed by atoms with E-state index in [4.69, 9.17) is 0 Å². The summed E-state index contributed by atoms with van der Waals surface area (Å²) >= 11 is 3.35. The van der Waals surface area contributed by atoms with Crippen LogP contribution in [0.15, 0.2) is 41.4 Å². The van der Waals surface area contributed by atoms with Crippen LogP contribution in [0.2, 0.25) is 0 Å². The Labute approximate surface area is 97.7 Å². The molecule has 0 atom stereocenters. The molecule has 0 spiro atoms. The van der Waals surface area contributed by atoms with Gasteiger partial charge in [-0.2, -0.15) is 0 Å². The van der Waals surface area contributed by atoms with Crippen molar-refractivity contribution in [3.05, 3.63) is 47.0 Å². The molecular formula is C11H13BrN2O. The normalized spacial score (nSPS) is 9.40. The Morgan fingerprint density at radius 1 is 1.33 bits per heavy atom. The fourth-order valence-corrected chi connectivity index (χ4v) is 1.28.